The first kappa shape index (κ1) is 17.4. The van der Waals surface area contributed by atoms with Crippen LogP contribution in [-0.4, -0.2) is 57.7 Å². The number of carbonyl (C=O) groups excluding carboxylic acids is 1. The van der Waals surface area contributed by atoms with E-state index in [2.05, 4.69) is 15.5 Å². The third-order valence-corrected chi connectivity index (χ3v) is 4.16. The number of alkyl halides is 3. The van der Waals surface area contributed by atoms with E-state index in [1.54, 1.807) is 25.1 Å². The van der Waals surface area contributed by atoms with E-state index in [0.717, 1.165) is 10.5 Å². The lowest BCUT2D eigenvalue weighted by atomic mass is 10.1. The molecule has 25 heavy (non-hydrogen) atoms. The van der Waals surface area contributed by atoms with Crippen molar-refractivity contribution in [2.45, 2.75) is 25.6 Å². The van der Waals surface area contributed by atoms with Crippen LogP contribution in [0.5, 0.6) is 0 Å². The Hall–Kier alpha value is -2.42. The highest BCUT2D eigenvalue weighted by molar-refractivity contribution is 5.98. The van der Waals surface area contributed by atoms with E-state index in [4.69, 9.17) is 0 Å². The molecule has 2 aromatic rings. The standard InChI is InChI=1S/C16H18F3N5O/c1-11-2-3-13(24-21-6-7-22-24)12(10-11)15(25)23-9-8-20-5-4-14(23)16(17,18)19/h2-3,6-7,10,14,20H,4-5,8-9H2,1H3. The number of hydrogen-bond acceptors (Lipinski definition) is 4. The predicted molar refractivity (Wildman–Crippen MR) is 84.5 cm³/mol. The summed E-state index contributed by atoms with van der Waals surface area (Å²) in [5.74, 6) is -0.665. The highest BCUT2D eigenvalue weighted by atomic mass is 19.4. The molecule has 2 heterocycles. The van der Waals surface area contributed by atoms with Gasteiger partial charge in [-0.15, -0.1) is 0 Å². The summed E-state index contributed by atoms with van der Waals surface area (Å²) >= 11 is 0. The highest BCUT2D eigenvalue weighted by Crippen LogP contribution is 2.30. The minimum absolute atomic E-state index is 0.0110. The quantitative estimate of drug-likeness (QED) is 0.896. The number of aryl methyl sites for hydroxylation is 1. The highest BCUT2D eigenvalue weighted by Gasteiger charge is 2.46. The van der Waals surface area contributed by atoms with Gasteiger partial charge in [0.2, 0.25) is 0 Å². The first-order valence-corrected chi connectivity index (χ1v) is 7.93. The van der Waals surface area contributed by atoms with E-state index in [-0.39, 0.29) is 25.1 Å². The molecule has 0 spiro atoms. The molecule has 1 aromatic carbocycles. The molecule has 1 saturated heterocycles. The largest absolute Gasteiger partial charge is 0.408 e. The number of hydrogen-bond donors (Lipinski definition) is 1. The third kappa shape index (κ3) is 3.65. The van der Waals surface area contributed by atoms with Crippen LogP contribution in [0.2, 0.25) is 0 Å². The van der Waals surface area contributed by atoms with E-state index in [1.807, 2.05) is 0 Å². The Labute approximate surface area is 142 Å². The van der Waals surface area contributed by atoms with Gasteiger partial charge in [0.25, 0.3) is 5.91 Å². The van der Waals surface area contributed by atoms with Crippen LogP contribution in [-0.2, 0) is 0 Å². The summed E-state index contributed by atoms with van der Waals surface area (Å²) in [5, 5.41) is 10.9. The van der Waals surface area contributed by atoms with Crippen molar-refractivity contribution >= 4 is 5.91 Å². The lowest BCUT2D eigenvalue weighted by molar-refractivity contribution is -0.176. The lowest BCUT2D eigenvalue weighted by Gasteiger charge is -2.31. The molecule has 0 radical (unpaired) electrons. The second-order valence-electron chi connectivity index (χ2n) is 5.93. The normalized spacial score (nSPS) is 18.9. The zero-order valence-corrected chi connectivity index (χ0v) is 13.6. The molecule has 1 N–H and O–H groups in total. The van der Waals surface area contributed by atoms with Gasteiger partial charge in [0, 0.05) is 13.1 Å². The molecule has 3 rings (SSSR count). The van der Waals surface area contributed by atoms with Crippen molar-refractivity contribution in [3.63, 3.8) is 0 Å². The minimum Gasteiger partial charge on any atom is -0.325 e. The topological polar surface area (TPSA) is 63.1 Å². The molecular formula is C16H18F3N5O. The van der Waals surface area contributed by atoms with Gasteiger partial charge in [-0.2, -0.15) is 28.2 Å². The van der Waals surface area contributed by atoms with Crippen LogP contribution >= 0.6 is 0 Å². The summed E-state index contributed by atoms with van der Waals surface area (Å²) in [6.45, 7) is 2.31. The number of nitrogens with one attached hydrogen (secondary N) is 1. The lowest BCUT2D eigenvalue weighted by Crippen LogP contribution is -2.49. The molecular weight excluding hydrogens is 335 g/mol. The molecule has 1 atom stereocenters. The second-order valence-corrected chi connectivity index (χ2v) is 5.93. The van der Waals surface area contributed by atoms with Crippen molar-refractivity contribution in [3.8, 4) is 5.69 Å². The van der Waals surface area contributed by atoms with Gasteiger partial charge in [-0.05, 0) is 32.0 Å². The van der Waals surface area contributed by atoms with Gasteiger partial charge in [-0.3, -0.25) is 4.79 Å². The predicted octanol–water partition coefficient (Wildman–Crippen LogP) is 1.94. The number of aromatic nitrogens is 3. The first-order valence-electron chi connectivity index (χ1n) is 7.93. The van der Waals surface area contributed by atoms with Crippen LogP contribution < -0.4 is 5.32 Å². The molecule has 1 unspecified atom stereocenters. The first-order chi connectivity index (χ1) is 11.9. The van der Waals surface area contributed by atoms with Gasteiger partial charge in [-0.1, -0.05) is 11.6 Å². The maximum atomic E-state index is 13.4. The molecule has 0 aliphatic carbocycles. The zero-order chi connectivity index (χ0) is 18.0. The number of rotatable bonds is 2. The maximum Gasteiger partial charge on any atom is 0.408 e. The monoisotopic (exact) mass is 353 g/mol. The molecule has 0 saturated carbocycles. The fourth-order valence-electron chi connectivity index (χ4n) is 2.95. The molecule has 9 heteroatoms. The van der Waals surface area contributed by atoms with Crippen molar-refractivity contribution in [2.75, 3.05) is 19.6 Å². The smallest absolute Gasteiger partial charge is 0.325 e. The number of nitrogens with zero attached hydrogens (tertiary/aromatic N) is 4. The van der Waals surface area contributed by atoms with Crippen molar-refractivity contribution < 1.29 is 18.0 Å². The maximum absolute atomic E-state index is 13.4. The van der Waals surface area contributed by atoms with Crippen molar-refractivity contribution in [2.24, 2.45) is 0 Å². The SMILES string of the molecule is Cc1ccc(-n2nccn2)c(C(=O)N2CCNCCC2C(F)(F)F)c1. The minimum atomic E-state index is -4.48. The van der Waals surface area contributed by atoms with Gasteiger partial charge >= 0.3 is 6.18 Å². The molecule has 0 bridgehead atoms. The Morgan fingerprint density at radius 2 is 1.96 bits per heavy atom. The Balaban J connectivity index is 2.03. The van der Waals surface area contributed by atoms with Gasteiger partial charge in [0.15, 0.2) is 0 Å². The van der Waals surface area contributed by atoms with Gasteiger partial charge < -0.3 is 10.2 Å². The summed E-state index contributed by atoms with van der Waals surface area (Å²) < 4.78 is 40.3. The fraction of sp³-hybridized carbons (Fsp3) is 0.438. The van der Waals surface area contributed by atoms with Gasteiger partial charge in [0.05, 0.1) is 23.6 Å². The molecule has 1 aliphatic rings. The van der Waals surface area contributed by atoms with Gasteiger partial charge in [0.1, 0.15) is 6.04 Å². The van der Waals surface area contributed by atoms with Crippen LogP contribution in [0, 0.1) is 6.92 Å². The number of benzene rings is 1. The Bertz CT molecular complexity index is 745. The molecule has 1 aromatic heterocycles. The summed E-state index contributed by atoms with van der Waals surface area (Å²) in [5.41, 5.74) is 1.29. The van der Waals surface area contributed by atoms with E-state index < -0.39 is 18.1 Å². The van der Waals surface area contributed by atoms with E-state index in [0.29, 0.717) is 12.2 Å². The molecule has 1 amide bonds. The third-order valence-electron chi connectivity index (χ3n) is 4.16. The van der Waals surface area contributed by atoms with Crippen molar-refractivity contribution in [1.29, 1.82) is 0 Å². The van der Waals surface area contributed by atoms with Crippen LogP contribution in [0.3, 0.4) is 0 Å². The number of amides is 1. The summed E-state index contributed by atoms with van der Waals surface area (Å²) in [7, 11) is 0. The van der Waals surface area contributed by atoms with Crippen molar-refractivity contribution in [3.05, 3.63) is 41.7 Å². The molecule has 1 fully saturated rings. The number of halogens is 3. The average molecular weight is 353 g/mol. The van der Waals surface area contributed by atoms with Crippen LogP contribution in [0.1, 0.15) is 22.3 Å². The van der Waals surface area contributed by atoms with Gasteiger partial charge in [-0.25, -0.2) is 0 Å². The Morgan fingerprint density at radius 1 is 1.24 bits per heavy atom. The molecule has 134 valence electrons. The summed E-state index contributed by atoms with van der Waals surface area (Å²) in [4.78, 5) is 15.2. The van der Waals surface area contributed by atoms with E-state index in [9.17, 15) is 18.0 Å². The van der Waals surface area contributed by atoms with Crippen LogP contribution in [0.4, 0.5) is 13.2 Å². The van der Waals surface area contributed by atoms with E-state index >= 15 is 0 Å². The molecule has 6 nitrogen and oxygen atoms in total. The second kappa shape index (κ2) is 6.83. The Kier molecular flexibility index (Phi) is 4.76. The van der Waals surface area contributed by atoms with Crippen LogP contribution in [0.15, 0.2) is 30.6 Å². The zero-order valence-electron chi connectivity index (χ0n) is 13.6. The fourth-order valence-corrected chi connectivity index (χ4v) is 2.95. The number of carbonyl (C=O) groups is 1. The summed E-state index contributed by atoms with van der Waals surface area (Å²) in [6.07, 6.45) is -1.75. The van der Waals surface area contributed by atoms with E-state index in [1.165, 1.54) is 17.2 Å². The average Bonchev–Trinajstić information content (AvgIpc) is 2.96. The van der Waals surface area contributed by atoms with Crippen molar-refractivity contribution in [1.82, 2.24) is 25.2 Å². The Morgan fingerprint density at radius 3 is 2.64 bits per heavy atom. The summed E-state index contributed by atoms with van der Waals surface area (Å²) in [6, 6.07) is 3.17. The molecule has 1 aliphatic heterocycles. The van der Waals surface area contributed by atoms with Crippen LogP contribution in [0.25, 0.3) is 5.69 Å².